The van der Waals surface area contributed by atoms with Gasteiger partial charge in [-0.05, 0) is 87.6 Å². The molecule has 12 nitrogen and oxygen atoms in total. The van der Waals surface area contributed by atoms with Crippen LogP contribution in [0.3, 0.4) is 0 Å². The fourth-order valence-corrected chi connectivity index (χ4v) is 6.86. The Balaban J connectivity index is 1.82. The molecule has 0 spiro atoms. The fourth-order valence-electron chi connectivity index (χ4n) is 6.86. The van der Waals surface area contributed by atoms with Gasteiger partial charge >= 0.3 is 12.1 Å². The molecule has 0 bridgehead atoms. The summed E-state index contributed by atoms with van der Waals surface area (Å²) in [5, 5.41) is 17.9. The van der Waals surface area contributed by atoms with Gasteiger partial charge in [-0.15, -0.1) is 0 Å². The lowest BCUT2D eigenvalue weighted by Crippen LogP contribution is -2.52. The SMILES string of the molecule is CCCCC[C@H](NC(=O)c1ccc(-c2ccc(CCCC)cc2)cc1)C(=O)N1C[C@H](NC(=O)OC(C)(C)C)C[C@H]1C(=O)C[C@@H](C)C(=O)N[C@@H](CC(C)C)C(=O)O. The van der Waals surface area contributed by atoms with Crippen LogP contribution >= 0.6 is 0 Å². The summed E-state index contributed by atoms with van der Waals surface area (Å²) < 4.78 is 5.44. The number of aliphatic carboxylic acids is 1. The summed E-state index contributed by atoms with van der Waals surface area (Å²) in [6, 6.07) is 11.9. The molecule has 1 fully saturated rings. The van der Waals surface area contributed by atoms with Gasteiger partial charge in [0.15, 0.2) is 5.78 Å². The number of hydrogen-bond donors (Lipinski definition) is 4. The second-order valence-corrected chi connectivity index (χ2v) is 16.6. The standard InChI is InChI=1S/C44H64N4O8/c1-9-11-13-15-35(46-40(51)33-22-20-32(21-23-33)31-18-16-30(17-19-31)14-12-10-2)41(52)48-27-34(45-43(55)56-44(6,7)8)26-37(48)38(49)25-29(5)39(50)47-36(42(53)54)24-28(3)4/h16-23,28-29,34-37H,9-15,24-27H2,1-8H3,(H,45,55)(H,46,51)(H,47,50)(H,53,54)/t29-,34-,35+,36+,37+/m1/s1. The Hall–Kier alpha value is -4.74. The van der Waals surface area contributed by atoms with Crippen molar-refractivity contribution in [3.8, 4) is 11.1 Å². The molecule has 0 radical (unpaired) electrons. The molecule has 2 aromatic carbocycles. The molecule has 1 heterocycles. The van der Waals surface area contributed by atoms with E-state index in [0.29, 0.717) is 18.4 Å². The molecule has 4 amide bonds. The van der Waals surface area contributed by atoms with E-state index >= 15 is 0 Å². The summed E-state index contributed by atoms with van der Waals surface area (Å²) in [6.07, 6.45) is 5.39. The van der Waals surface area contributed by atoms with Gasteiger partial charge in [0, 0.05) is 24.4 Å². The van der Waals surface area contributed by atoms with Crippen LogP contribution in [0.4, 0.5) is 4.79 Å². The van der Waals surface area contributed by atoms with Crippen molar-refractivity contribution >= 4 is 35.6 Å². The van der Waals surface area contributed by atoms with Crippen molar-refractivity contribution in [2.75, 3.05) is 6.54 Å². The Morgan fingerprint density at radius 3 is 2.00 bits per heavy atom. The van der Waals surface area contributed by atoms with Crippen LogP contribution in [0.1, 0.15) is 129 Å². The molecule has 3 rings (SSSR count). The van der Waals surface area contributed by atoms with Crippen LogP contribution in [0.15, 0.2) is 48.5 Å². The zero-order valence-electron chi connectivity index (χ0n) is 34.6. The minimum absolute atomic E-state index is 0.00336. The minimum atomic E-state index is -1.16. The van der Waals surface area contributed by atoms with Gasteiger partial charge in [-0.25, -0.2) is 9.59 Å². The number of ketones is 1. The molecular weight excluding hydrogens is 713 g/mol. The molecule has 0 aromatic heterocycles. The van der Waals surface area contributed by atoms with E-state index in [0.717, 1.165) is 43.2 Å². The van der Waals surface area contributed by atoms with E-state index in [1.165, 1.54) is 10.5 Å². The second kappa shape index (κ2) is 21.5. The lowest BCUT2D eigenvalue weighted by molar-refractivity contribution is -0.143. The van der Waals surface area contributed by atoms with Crippen molar-refractivity contribution in [3.05, 3.63) is 59.7 Å². The van der Waals surface area contributed by atoms with E-state index in [1.807, 2.05) is 32.9 Å². The number of unbranched alkanes of at least 4 members (excludes halogenated alkanes) is 3. The maximum Gasteiger partial charge on any atom is 0.407 e. The van der Waals surface area contributed by atoms with Crippen LogP contribution in [0.25, 0.3) is 11.1 Å². The summed E-state index contributed by atoms with van der Waals surface area (Å²) in [7, 11) is 0. The number of hydrogen-bond acceptors (Lipinski definition) is 7. The number of alkyl carbamates (subject to hydrolysis) is 1. The highest BCUT2D eigenvalue weighted by atomic mass is 16.6. The quantitative estimate of drug-likeness (QED) is 0.103. The predicted octanol–water partition coefficient (Wildman–Crippen LogP) is 7.08. The van der Waals surface area contributed by atoms with Gasteiger partial charge in [0.2, 0.25) is 11.8 Å². The third-order valence-corrected chi connectivity index (χ3v) is 9.91. The van der Waals surface area contributed by atoms with Crippen LogP contribution < -0.4 is 16.0 Å². The number of carbonyl (C=O) groups excluding carboxylic acids is 5. The molecule has 2 aromatic rings. The number of benzene rings is 2. The molecule has 5 atom stereocenters. The van der Waals surface area contributed by atoms with Crippen LogP contribution in [-0.2, 0) is 30.3 Å². The molecule has 0 saturated carbocycles. The number of carboxylic acids is 1. The number of carbonyl (C=O) groups is 6. The first-order valence-corrected chi connectivity index (χ1v) is 20.3. The Labute approximate surface area is 332 Å². The van der Waals surface area contributed by atoms with Gasteiger partial charge in [-0.3, -0.25) is 19.2 Å². The van der Waals surface area contributed by atoms with Crippen molar-refractivity contribution in [3.63, 3.8) is 0 Å². The maximum atomic E-state index is 14.4. The molecule has 1 aliphatic rings. The molecular formula is C44H64N4O8. The lowest BCUT2D eigenvalue weighted by Gasteiger charge is -2.29. The molecule has 0 aliphatic carbocycles. The van der Waals surface area contributed by atoms with Crippen LogP contribution in [0.2, 0.25) is 0 Å². The highest BCUT2D eigenvalue weighted by Gasteiger charge is 2.43. The Morgan fingerprint density at radius 1 is 0.839 bits per heavy atom. The summed E-state index contributed by atoms with van der Waals surface area (Å²) >= 11 is 0. The van der Waals surface area contributed by atoms with Gasteiger partial charge in [0.25, 0.3) is 5.91 Å². The van der Waals surface area contributed by atoms with Crippen molar-refractivity contribution in [2.45, 2.75) is 149 Å². The zero-order chi connectivity index (χ0) is 41.6. The van der Waals surface area contributed by atoms with Crippen LogP contribution in [-0.4, -0.2) is 81.9 Å². The van der Waals surface area contributed by atoms with E-state index in [1.54, 1.807) is 39.8 Å². The highest BCUT2D eigenvalue weighted by molar-refractivity contribution is 5.99. The average Bonchev–Trinajstić information content (AvgIpc) is 3.55. The van der Waals surface area contributed by atoms with E-state index in [-0.39, 0.29) is 31.7 Å². The van der Waals surface area contributed by atoms with Gasteiger partial charge in [0.05, 0.1) is 12.1 Å². The molecule has 308 valence electrons. The molecule has 1 saturated heterocycles. The van der Waals surface area contributed by atoms with Crippen LogP contribution in [0.5, 0.6) is 0 Å². The molecule has 1 aliphatic heterocycles. The second-order valence-electron chi connectivity index (χ2n) is 16.6. The summed E-state index contributed by atoms with van der Waals surface area (Å²) in [4.78, 5) is 81.1. The van der Waals surface area contributed by atoms with Crippen molar-refractivity contribution in [1.29, 1.82) is 0 Å². The highest BCUT2D eigenvalue weighted by Crippen LogP contribution is 2.26. The largest absolute Gasteiger partial charge is 0.480 e. The molecule has 4 N–H and O–H groups in total. The number of Topliss-reactive ketones (excluding diaryl/α,β-unsaturated/α-hetero) is 1. The monoisotopic (exact) mass is 776 g/mol. The number of aryl methyl sites for hydroxylation is 1. The number of nitrogens with one attached hydrogen (secondary N) is 3. The van der Waals surface area contributed by atoms with E-state index in [9.17, 15) is 33.9 Å². The number of amides is 4. The van der Waals surface area contributed by atoms with Crippen molar-refractivity contribution < 1.29 is 38.6 Å². The van der Waals surface area contributed by atoms with E-state index < -0.39 is 71.3 Å². The summed E-state index contributed by atoms with van der Waals surface area (Å²) in [6.45, 7) is 14.6. The lowest BCUT2D eigenvalue weighted by atomic mass is 9.96. The number of ether oxygens (including phenoxy) is 1. The summed E-state index contributed by atoms with van der Waals surface area (Å²) in [5.74, 6) is -3.89. The molecule has 56 heavy (non-hydrogen) atoms. The normalized spacial score (nSPS) is 17.1. The third-order valence-electron chi connectivity index (χ3n) is 9.91. The summed E-state index contributed by atoms with van der Waals surface area (Å²) in [5.41, 5.74) is 2.89. The smallest absolute Gasteiger partial charge is 0.407 e. The predicted molar refractivity (Wildman–Crippen MR) is 217 cm³/mol. The minimum Gasteiger partial charge on any atom is -0.480 e. The number of carboxylic acid groups (broad SMARTS) is 1. The third kappa shape index (κ3) is 14.4. The van der Waals surface area contributed by atoms with Crippen LogP contribution in [0, 0.1) is 11.8 Å². The number of rotatable bonds is 20. The Kier molecular flexibility index (Phi) is 17.6. The van der Waals surface area contributed by atoms with Crippen molar-refractivity contribution in [2.24, 2.45) is 11.8 Å². The maximum absolute atomic E-state index is 14.4. The topological polar surface area (TPSA) is 171 Å². The molecule has 12 heteroatoms. The first-order valence-electron chi connectivity index (χ1n) is 20.3. The Morgan fingerprint density at radius 2 is 1.45 bits per heavy atom. The fraction of sp³-hybridized carbons (Fsp3) is 0.591. The number of likely N-dealkylation sites (tertiary alicyclic amines) is 1. The molecule has 0 unspecified atom stereocenters. The van der Waals surface area contributed by atoms with E-state index in [4.69, 9.17) is 4.74 Å². The van der Waals surface area contributed by atoms with Gasteiger partial charge < -0.3 is 30.7 Å². The Bertz CT molecular complexity index is 1630. The van der Waals surface area contributed by atoms with E-state index in [2.05, 4.69) is 47.1 Å². The first kappa shape index (κ1) is 45.6. The van der Waals surface area contributed by atoms with Crippen molar-refractivity contribution in [1.82, 2.24) is 20.9 Å². The van der Waals surface area contributed by atoms with Gasteiger partial charge in [-0.2, -0.15) is 0 Å². The van der Waals surface area contributed by atoms with Gasteiger partial charge in [-0.1, -0.05) is 96.7 Å². The zero-order valence-corrected chi connectivity index (χ0v) is 34.6. The van der Waals surface area contributed by atoms with Gasteiger partial charge in [0.1, 0.15) is 17.7 Å². The average molecular weight is 777 g/mol. The first-order chi connectivity index (χ1) is 26.4. The number of nitrogens with zero attached hydrogens (tertiary/aromatic N) is 1.